The summed E-state index contributed by atoms with van der Waals surface area (Å²) in [5.41, 5.74) is 0. The highest BCUT2D eigenvalue weighted by Crippen LogP contribution is 1.97. The first-order valence-electron chi connectivity index (χ1n) is 3.51. The highest BCUT2D eigenvalue weighted by Gasteiger charge is 2.24. The lowest BCUT2D eigenvalue weighted by Gasteiger charge is -2.18. The van der Waals surface area contributed by atoms with E-state index in [0.717, 1.165) is 0 Å². The number of carboxylic acids is 1. The lowest BCUT2D eigenvalue weighted by atomic mass is 10.2. The monoisotopic (exact) mass is 175 g/mol. The Morgan fingerprint density at radius 3 is 2.25 bits per heavy atom. The minimum absolute atomic E-state index is 0.383. The molecular weight excluding hydrogens is 162 g/mol. The van der Waals surface area contributed by atoms with Crippen molar-refractivity contribution in [1.82, 2.24) is 5.32 Å². The van der Waals surface area contributed by atoms with E-state index in [1.165, 1.54) is 14.0 Å². The zero-order chi connectivity index (χ0) is 9.72. The van der Waals surface area contributed by atoms with Gasteiger partial charge in [-0.05, 0) is 6.92 Å². The van der Waals surface area contributed by atoms with Gasteiger partial charge in [0.2, 0.25) is 5.91 Å². The number of methoxy groups -OCH3 is 1. The SMILES string of the molecule is CO[C@@H](C)[C@H](NC(C)=O)C(=O)O. The molecule has 5 heteroatoms. The molecule has 0 saturated carbocycles. The lowest BCUT2D eigenvalue weighted by Crippen LogP contribution is -2.47. The molecule has 0 bridgehead atoms. The Labute approximate surface area is 70.7 Å². The van der Waals surface area contributed by atoms with Crippen molar-refractivity contribution < 1.29 is 19.4 Å². The lowest BCUT2D eigenvalue weighted by molar-refractivity contribution is -0.145. The van der Waals surface area contributed by atoms with Gasteiger partial charge < -0.3 is 15.2 Å². The third kappa shape index (κ3) is 3.34. The predicted molar refractivity (Wildman–Crippen MR) is 41.7 cm³/mol. The molecule has 2 atom stereocenters. The summed E-state index contributed by atoms with van der Waals surface area (Å²) in [7, 11) is 1.39. The number of rotatable bonds is 4. The van der Waals surface area contributed by atoms with Crippen LogP contribution in [0.3, 0.4) is 0 Å². The number of hydrogen-bond donors (Lipinski definition) is 2. The van der Waals surface area contributed by atoms with Crippen molar-refractivity contribution in [3.63, 3.8) is 0 Å². The number of carboxylic acid groups (broad SMARTS) is 1. The van der Waals surface area contributed by atoms with E-state index in [2.05, 4.69) is 5.32 Å². The summed E-state index contributed by atoms with van der Waals surface area (Å²) in [6.07, 6.45) is -0.536. The van der Waals surface area contributed by atoms with Crippen molar-refractivity contribution >= 4 is 11.9 Å². The summed E-state index contributed by atoms with van der Waals surface area (Å²) in [6, 6.07) is -0.979. The van der Waals surface area contributed by atoms with E-state index in [0.29, 0.717) is 0 Å². The fourth-order valence-corrected chi connectivity index (χ4v) is 0.735. The second kappa shape index (κ2) is 4.71. The fraction of sp³-hybridized carbons (Fsp3) is 0.714. The fourth-order valence-electron chi connectivity index (χ4n) is 0.735. The molecule has 5 nitrogen and oxygen atoms in total. The highest BCUT2D eigenvalue weighted by atomic mass is 16.5. The standard InChI is InChI=1S/C7H13NO4/c1-4(12-3)6(7(10)11)8-5(2)9/h4,6H,1-3H3,(H,8,9)(H,10,11)/t4-,6-/m0/s1. The number of carbonyl (C=O) groups is 2. The Hall–Kier alpha value is -1.10. The summed E-state index contributed by atoms with van der Waals surface area (Å²) in [5.74, 6) is -1.48. The van der Waals surface area contributed by atoms with Gasteiger partial charge in [-0.1, -0.05) is 0 Å². The minimum atomic E-state index is -1.10. The molecule has 0 aliphatic carbocycles. The van der Waals surface area contributed by atoms with E-state index in [-0.39, 0.29) is 5.91 Å². The topological polar surface area (TPSA) is 75.6 Å². The minimum Gasteiger partial charge on any atom is -0.480 e. The molecule has 12 heavy (non-hydrogen) atoms. The van der Waals surface area contributed by atoms with Crippen LogP contribution in [0.25, 0.3) is 0 Å². The number of amides is 1. The van der Waals surface area contributed by atoms with Gasteiger partial charge in [-0.25, -0.2) is 4.79 Å². The zero-order valence-electron chi connectivity index (χ0n) is 7.33. The van der Waals surface area contributed by atoms with Gasteiger partial charge in [0.25, 0.3) is 0 Å². The first-order chi connectivity index (χ1) is 5.49. The zero-order valence-corrected chi connectivity index (χ0v) is 7.33. The molecule has 0 aromatic heterocycles. The quantitative estimate of drug-likeness (QED) is 0.610. The van der Waals surface area contributed by atoms with Crippen molar-refractivity contribution in [2.75, 3.05) is 7.11 Å². The van der Waals surface area contributed by atoms with Crippen LogP contribution in [0, 0.1) is 0 Å². The molecule has 0 radical (unpaired) electrons. The van der Waals surface area contributed by atoms with E-state index < -0.39 is 18.1 Å². The van der Waals surface area contributed by atoms with Crippen LogP contribution in [0.2, 0.25) is 0 Å². The Morgan fingerprint density at radius 1 is 1.50 bits per heavy atom. The van der Waals surface area contributed by atoms with Crippen LogP contribution in [0.5, 0.6) is 0 Å². The van der Waals surface area contributed by atoms with Crippen molar-refractivity contribution in [3.8, 4) is 0 Å². The van der Waals surface area contributed by atoms with E-state index >= 15 is 0 Å². The van der Waals surface area contributed by atoms with Crippen LogP contribution in [-0.2, 0) is 14.3 Å². The molecule has 0 spiro atoms. The van der Waals surface area contributed by atoms with E-state index in [9.17, 15) is 9.59 Å². The average Bonchev–Trinajstić information content (AvgIpc) is 1.98. The molecule has 0 rings (SSSR count). The molecule has 0 aliphatic heterocycles. The summed E-state index contributed by atoms with van der Waals surface area (Å²) in [5, 5.41) is 10.9. The molecule has 0 aromatic rings. The molecule has 70 valence electrons. The van der Waals surface area contributed by atoms with Crippen LogP contribution in [0.15, 0.2) is 0 Å². The molecule has 0 heterocycles. The molecule has 0 aliphatic rings. The van der Waals surface area contributed by atoms with Crippen molar-refractivity contribution in [1.29, 1.82) is 0 Å². The number of nitrogens with one attached hydrogen (secondary N) is 1. The van der Waals surface area contributed by atoms with Gasteiger partial charge in [-0.15, -0.1) is 0 Å². The second-order valence-electron chi connectivity index (χ2n) is 2.46. The molecule has 2 N–H and O–H groups in total. The smallest absolute Gasteiger partial charge is 0.328 e. The van der Waals surface area contributed by atoms with E-state index in [1.54, 1.807) is 6.92 Å². The Balaban J connectivity index is 4.22. The van der Waals surface area contributed by atoms with Gasteiger partial charge in [0.1, 0.15) is 0 Å². The summed E-state index contributed by atoms with van der Waals surface area (Å²) in [4.78, 5) is 21.1. The second-order valence-corrected chi connectivity index (χ2v) is 2.46. The largest absolute Gasteiger partial charge is 0.480 e. The van der Waals surface area contributed by atoms with Crippen LogP contribution in [0.4, 0.5) is 0 Å². The Morgan fingerprint density at radius 2 is 2.00 bits per heavy atom. The van der Waals surface area contributed by atoms with Gasteiger partial charge in [0, 0.05) is 14.0 Å². The first kappa shape index (κ1) is 10.9. The van der Waals surface area contributed by atoms with Crippen molar-refractivity contribution in [2.45, 2.75) is 26.0 Å². The maximum atomic E-state index is 10.5. The molecular formula is C7H13NO4. The van der Waals surface area contributed by atoms with Gasteiger partial charge >= 0.3 is 5.97 Å². The van der Waals surface area contributed by atoms with Gasteiger partial charge in [-0.2, -0.15) is 0 Å². The summed E-state index contributed by atoms with van der Waals surface area (Å²) in [6.45, 7) is 2.84. The van der Waals surface area contributed by atoms with E-state index in [1.807, 2.05) is 0 Å². The van der Waals surface area contributed by atoms with E-state index in [4.69, 9.17) is 9.84 Å². The molecule has 0 fully saturated rings. The maximum Gasteiger partial charge on any atom is 0.328 e. The predicted octanol–water partition coefficient (Wildman–Crippen LogP) is -0.389. The molecule has 1 amide bonds. The molecule has 0 saturated heterocycles. The normalized spacial score (nSPS) is 14.9. The first-order valence-corrected chi connectivity index (χ1v) is 3.51. The summed E-state index contributed by atoms with van der Waals surface area (Å²) < 4.78 is 4.78. The Kier molecular flexibility index (Phi) is 4.28. The van der Waals surface area contributed by atoms with Gasteiger partial charge in [-0.3, -0.25) is 4.79 Å². The van der Waals surface area contributed by atoms with Crippen molar-refractivity contribution in [3.05, 3.63) is 0 Å². The number of aliphatic carboxylic acids is 1. The third-order valence-electron chi connectivity index (χ3n) is 1.47. The highest BCUT2D eigenvalue weighted by molar-refractivity contribution is 5.82. The number of hydrogen-bond acceptors (Lipinski definition) is 3. The van der Waals surface area contributed by atoms with Crippen LogP contribution in [0.1, 0.15) is 13.8 Å². The Bertz CT molecular complexity index is 180. The molecule has 0 unspecified atom stereocenters. The van der Waals surface area contributed by atoms with Crippen LogP contribution >= 0.6 is 0 Å². The average molecular weight is 175 g/mol. The maximum absolute atomic E-state index is 10.5. The number of ether oxygens (including phenoxy) is 1. The number of carbonyl (C=O) groups excluding carboxylic acids is 1. The molecule has 0 aromatic carbocycles. The van der Waals surface area contributed by atoms with Crippen LogP contribution in [-0.4, -0.2) is 36.2 Å². The van der Waals surface area contributed by atoms with Gasteiger partial charge in [0.15, 0.2) is 6.04 Å². The van der Waals surface area contributed by atoms with Crippen molar-refractivity contribution in [2.24, 2.45) is 0 Å². The van der Waals surface area contributed by atoms with Gasteiger partial charge in [0.05, 0.1) is 6.10 Å². The van der Waals surface area contributed by atoms with Crippen LogP contribution < -0.4 is 5.32 Å². The summed E-state index contributed by atoms with van der Waals surface area (Å²) >= 11 is 0. The third-order valence-corrected chi connectivity index (χ3v) is 1.47.